The fourth-order valence-electron chi connectivity index (χ4n) is 3.54. The number of aromatic nitrogens is 3. The Kier molecular flexibility index (Phi) is 5.66. The topological polar surface area (TPSA) is 69.9 Å². The highest BCUT2D eigenvalue weighted by atomic mass is 16.5. The van der Waals surface area contributed by atoms with Crippen LogP contribution in [0.1, 0.15) is 25.3 Å². The quantitative estimate of drug-likeness (QED) is 0.440. The molecule has 0 aliphatic rings. The van der Waals surface area contributed by atoms with Crippen LogP contribution in [0.4, 0.5) is 11.5 Å². The first-order valence-corrected chi connectivity index (χ1v) is 10.0. The van der Waals surface area contributed by atoms with Crippen molar-refractivity contribution in [2.45, 2.75) is 19.8 Å². The predicted octanol–water partition coefficient (Wildman–Crippen LogP) is 5.29. The minimum Gasteiger partial charge on any atom is -0.493 e. The number of fused-ring (bicyclic) bond motifs is 1. The molecule has 0 atom stereocenters. The first-order chi connectivity index (χ1) is 15.0. The van der Waals surface area contributed by atoms with Gasteiger partial charge in [-0.15, -0.1) is 0 Å². The van der Waals surface area contributed by atoms with Crippen LogP contribution in [0, 0.1) is 0 Å². The highest BCUT2D eigenvalue weighted by Crippen LogP contribution is 2.41. The van der Waals surface area contributed by atoms with Crippen molar-refractivity contribution in [3.63, 3.8) is 0 Å². The fraction of sp³-hybridized carbons (Fsp3) is 0.250. The zero-order chi connectivity index (χ0) is 22.0. The van der Waals surface area contributed by atoms with Crippen LogP contribution in [0.5, 0.6) is 17.2 Å². The van der Waals surface area contributed by atoms with Crippen LogP contribution in [-0.2, 0) is 0 Å². The maximum atomic E-state index is 5.50. The van der Waals surface area contributed by atoms with Gasteiger partial charge >= 0.3 is 0 Å². The summed E-state index contributed by atoms with van der Waals surface area (Å²) in [6.45, 7) is 4.36. The molecule has 2 aromatic carbocycles. The minimum atomic E-state index is 0.490. The van der Waals surface area contributed by atoms with E-state index in [0.717, 1.165) is 22.6 Å². The molecule has 0 aliphatic carbocycles. The summed E-state index contributed by atoms with van der Waals surface area (Å²) in [6.07, 6.45) is 5.44. The molecule has 7 heteroatoms. The largest absolute Gasteiger partial charge is 0.493 e. The van der Waals surface area contributed by atoms with E-state index in [9.17, 15) is 0 Å². The second-order valence-electron chi connectivity index (χ2n) is 7.43. The number of rotatable bonds is 7. The molecule has 4 rings (SSSR count). The lowest BCUT2D eigenvalue weighted by molar-refractivity contribution is 0.324. The molecule has 2 aromatic heterocycles. The molecule has 31 heavy (non-hydrogen) atoms. The lowest BCUT2D eigenvalue weighted by atomic mass is 10.0. The third-order valence-electron chi connectivity index (χ3n) is 5.23. The summed E-state index contributed by atoms with van der Waals surface area (Å²) in [5.41, 5.74) is 4.75. The van der Waals surface area contributed by atoms with Gasteiger partial charge in [0.1, 0.15) is 0 Å². The number of benzene rings is 2. The van der Waals surface area contributed by atoms with Gasteiger partial charge in [-0.25, -0.2) is 9.97 Å². The van der Waals surface area contributed by atoms with Gasteiger partial charge in [-0.3, -0.25) is 4.40 Å². The van der Waals surface area contributed by atoms with Crippen molar-refractivity contribution in [2.75, 3.05) is 26.6 Å². The third-order valence-corrected chi connectivity index (χ3v) is 5.23. The molecule has 160 valence electrons. The summed E-state index contributed by atoms with van der Waals surface area (Å²) in [5.74, 6) is 2.90. The number of hydrogen-bond donors (Lipinski definition) is 1. The smallest absolute Gasteiger partial charge is 0.203 e. The van der Waals surface area contributed by atoms with E-state index in [1.807, 2.05) is 28.9 Å². The second-order valence-corrected chi connectivity index (χ2v) is 7.43. The van der Waals surface area contributed by atoms with E-state index in [0.29, 0.717) is 29.0 Å². The van der Waals surface area contributed by atoms with E-state index in [2.05, 4.69) is 53.4 Å². The number of methoxy groups -OCH3 is 3. The van der Waals surface area contributed by atoms with Gasteiger partial charge in [0.2, 0.25) is 5.75 Å². The Morgan fingerprint density at radius 2 is 1.58 bits per heavy atom. The molecule has 0 saturated carbocycles. The first kappa shape index (κ1) is 20.5. The van der Waals surface area contributed by atoms with Gasteiger partial charge in [0.15, 0.2) is 23.0 Å². The van der Waals surface area contributed by atoms with Crippen LogP contribution in [0.15, 0.2) is 55.0 Å². The summed E-state index contributed by atoms with van der Waals surface area (Å²) >= 11 is 0. The average Bonchev–Trinajstić information content (AvgIpc) is 3.23. The fourth-order valence-corrected chi connectivity index (χ4v) is 3.54. The molecule has 7 nitrogen and oxygen atoms in total. The number of nitrogens with zero attached hydrogens (tertiary/aromatic N) is 3. The van der Waals surface area contributed by atoms with Crippen molar-refractivity contribution in [3.8, 4) is 28.5 Å². The molecule has 4 aromatic rings. The number of anilines is 2. The molecule has 0 bridgehead atoms. The van der Waals surface area contributed by atoms with E-state index >= 15 is 0 Å². The Labute approximate surface area is 181 Å². The zero-order valence-corrected chi connectivity index (χ0v) is 18.3. The van der Waals surface area contributed by atoms with Crippen LogP contribution < -0.4 is 19.5 Å². The Bertz CT molecular complexity index is 1170. The standard InChI is InChI=1S/C24H26N4O3/c1-15(2)16-6-8-18(9-7-16)27-23-24-26-14-19(28(24)11-10-25-23)17-12-20(29-3)22(31-5)21(13-17)30-4/h6-15H,1-5H3,(H,25,27). The van der Waals surface area contributed by atoms with Gasteiger partial charge in [-0.1, -0.05) is 26.0 Å². The molecule has 0 saturated heterocycles. The van der Waals surface area contributed by atoms with E-state index in [4.69, 9.17) is 14.2 Å². The summed E-state index contributed by atoms with van der Waals surface area (Å²) in [5, 5.41) is 3.38. The Balaban J connectivity index is 1.74. The highest BCUT2D eigenvalue weighted by Gasteiger charge is 2.17. The van der Waals surface area contributed by atoms with Crippen LogP contribution in [0.3, 0.4) is 0 Å². The molecule has 1 N–H and O–H groups in total. The summed E-state index contributed by atoms with van der Waals surface area (Å²) < 4.78 is 18.4. The van der Waals surface area contributed by atoms with Gasteiger partial charge in [0.25, 0.3) is 0 Å². The number of hydrogen-bond acceptors (Lipinski definition) is 6. The van der Waals surface area contributed by atoms with Crippen molar-refractivity contribution >= 4 is 17.2 Å². The normalized spacial score (nSPS) is 11.0. The monoisotopic (exact) mass is 418 g/mol. The number of nitrogens with one attached hydrogen (secondary N) is 1. The molecule has 0 spiro atoms. The maximum absolute atomic E-state index is 5.50. The lowest BCUT2D eigenvalue weighted by Gasteiger charge is -2.14. The second kappa shape index (κ2) is 8.55. The highest BCUT2D eigenvalue weighted by molar-refractivity contribution is 5.76. The predicted molar refractivity (Wildman–Crippen MR) is 122 cm³/mol. The number of ether oxygens (including phenoxy) is 3. The Hall–Kier alpha value is -3.74. The summed E-state index contributed by atoms with van der Waals surface area (Å²) in [6, 6.07) is 12.2. The molecule has 0 aliphatic heterocycles. The van der Waals surface area contributed by atoms with Crippen molar-refractivity contribution in [2.24, 2.45) is 0 Å². The van der Waals surface area contributed by atoms with E-state index in [1.165, 1.54) is 5.56 Å². The van der Waals surface area contributed by atoms with Gasteiger partial charge in [-0.05, 0) is 35.7 Å². The average molecular weight is 418 g/mol. The summed E-state index contributed by atoms with van der Waals surface area (Å²) in [7, 11) is 4.80. The maximum Gasteiger partial charge on any atom is 0.203 e. The van der Waals surface area contributed by atoms with Crippen LogP contribution >= 0.6 is 0 Å². The Morgan fingerprint density at radius 3 is 2.16 bits per heavy atom. The molecule has 0 fully saturated rings. The van der Waals surface area contributed by atoms with Crippen LogP contribution in [0.25, 0.3) is 16.9 Å². The van der Waals surface area contributed by atoms with E-state index in [-0.39, 0.29) is 0 Å². The Morgan fingerprint density at radius 1 is 0.903 bits per heavy atom. The lowest BCUT2D eigenvalue weighted by Crippen LogP contribution is -1.99. The van der Waals surface area contributed by atoms with Gasteiger partial charge < -0.3 is 19.5 Å². The van der Waals surface area contributed by atoms with Gasteiger partial charge in [0, 0.05) is 23.6 Å². The van der Waals surface area contributed by atoms with Crippen LogP contribution in [-0.4, -0.2) is 35.7 Å². The van der Waals surface area contributed by atoms with Crippen molar-refractivity contribution in [1.29, 1.82) is 0 Å². The van der Waals surface area contributed by atoms with Crippen molar-refractivity contribution < 1.29 is 14.2 Å². The molecule has 2 heterocycles. The molecule has 0 amide bonds. The summed E-state index contributed by atoms with van der Waals surface area (Å²) in [4.78, 5) is 9.11. The number of imidazole rings is 1. The van der Waals surface area contributed by atoms with E-state index in [1.54, 1.807) is 27.5 Å². The van der Waals surface area contributed by atoms with E-state index < -0.39 is 0 Å². The zero-order valence-electron chi connectivity index (χ0n) is 18.3. The molecule has 0 radical (unpaired) electrons. The van der Waals surface area contributed by atoms with Gasteiger partial charge in [0.05, 0.1) is 33.2 Å². The van der Waals surface area contributed by atoms with Crippen molar-refractivity contribution in [1.82, 2.24) is 14.4 Å². The first-order valence-electron chi connectivity index (χ1n) is 10.0. The molecule has 0 unspecified atom stereocenters. The molecular formula is C24H26N4O3. The van der Waals surface area contributed by atoms with Gasteiger partial charge in [-0.2, -0.15) is 0 Å². The SMILES string of the molecule is COc1cc(-c2cnc3c(Nc4ccc(C(C)C)cc4)nccn23)cc(OC)c1OC. The van der Waals surface area contributed by atoms with Crippen molar-refractivity contribution in [3.05, 3.63) is 60.6 Å². The molecular weight excluding hydrogens is 392 g/mol. The van der Waals surface area contributed by atoms with Crippen LogP contribution in [0.2, 0.25) is 0 Å². The third kappa shape index (κ3) is 3.86. The minimum absolute atomic E-state index is 0.490.